The number of ether oxygens (including phenoxy) is 1. The van der Waals surface area contributed by atoms with Gasteiger partial charge in [-0.1, -0.05) is 69.5 Å². The van der Waals surface area contributed by atoms with Crippen molar-refractivity contribution in [1.29, 1.82) is 0 Å². The molecule has 2 aromatic heterocycles. The van der Waals surface area contributed by atoms with Gasteiger partial charge in [-0.25, -0.2) is 14.3 Å². The van der Waals surface area contributed by atoms with Crippen molar-refractivity contribution in [2.24, 2.45) is 0 Å². The SMILES string of the molecule is CCOC(=O)c1c(CBr)nn2c(-c3ccc(Cl)cc3)c(-c3ccccc3Cl)cnc12. The molecule has 0 amide bonds. The van der Waals surface area contributed by atoms with Crippen LogP contribution < -0.4 is 0 Å². The molecule has 0 aliphatic rings. The zero-order valence-corrected chi connectivity index (χ0v) is 19.0. The van der Waals surface area contributed by atoms with E-state index in [0.29, 0.717) is 32.3 Å². The molecular weight excluding hydrogens is 489 g/mol. The number of hydrogen-bond donors (Lipinski definition) is 0. The monoisotopic (exact) mass is 503 g/mol. The minimum Gasteiger partial charge on any atom is -0.462 e. The van der Waals surface area contributed by atoms with Gasteiger partial charge in [0.1, 0.15) is 5.56 Å². The number of esters is 1. The lowest BCUT2D eigenvalue weighted by Crippen LogP contribution is -2.07. The van der Waals surface area contributed by atoms with Gasteiger partial charge in [0.25, 0.3) is 0 Å². The van der Waals surface area contributed by atoms with Crippen LogP contribution in [0.4, 0.5) is 0 Å². The third-order valence-corrected chi connectivity index (χ3v) is 5.72. The van der Waals surface area contributed by atoms with Crippen molar-refractivity contribution in [3.8, 4) is 22.4 Å². The molecule has 2 heterocycles. The Morgan fingerprint density at radius 3 is 2.50 bits per heavy atom. The summed E-state index contributed by atoms with van der Waals surface area (Å²) in [6, 6.07) is 14.9. The third kappa shape index (κ3) is 3.71. The molecule has 5 nitrogen and oxygen atoms in total. The van der Waals surface area contributed by atoms with E-state index in [9.17, 15) is 4.79 Å². The van der Waals surface area contributed by atoms with Crippen LogP contribution in [0.25, 0.3) is 28.0 Å². The molecule has 0 fully saturated rings. The van der Waals surface area contributed by atoms with Gasteiger partial charge >= 0.3 is 5.97 Å². The van der Waals surface area contributed by atoms with Crippen LogP contribution in [-0.2, 0) is 10.1 Å². The normalized spacial score (nSPS) is 11.1. The van der Waals surface area contributed by atoms with Gasteiger partial charge in [0.15, 0.2) is 5.65 Å². The van der Waals surface area contributed by atoms with Crippen LogP contribution in [0.15, 0.2) is 54.7 Å². The Morgan fingerprint density at radius 2 is 1.83 bits per heavy atom. The summed E-state index contributed by atoms with van der Waals surface area (Å²) in [6.45, 7) is 2.03. The highest BCUT2D eigenvalue weighted by molar-refractivity contribution is 9.08. The first-order valence-corrected chi connectivity index (χ1v) is 11.1. The second-order valence-electron chi connectivity index (χ2n) is 6.42. The molecule has 8 heteroatoms. The van der Waals surface area contributed by atoms with Crippen LogP contribution in [0.1, 0.15) is 23.0 Å². The number of benzene rings is 2. The predicted octanol–water partition coefficient (Wildman–Crippen LogP) is 6.44. The largest absolute Gasteiger partial charge is 0.462 e. The van der Waals surface area contributed by atoms with Crippen LogP contribution in [0.2, 0.25) is 10.0 Å². The van der Waals surface area contributed by atoms with Gasteiger partial charge in [0.05, 0.1) is 18.0 Å². The van der Waals surface area contributed by atoms with Crippen molar-refractivity contribution in [3.63, 3.8) is 0 Å². The van der Waals surface area contributed by atoms with Gasteiger partial charge in [-0.15, -0.1) is 0 Å². The standard InChI is InChI=1S/C22H16BrCl2N3O2/c1-2-30-22(29)19-18(11-23)27-28-20(13-7-9-14(24)10-8-13)16(12-26-21(19)28)15-5-3-4-6-17(15)25/h3-10,12H,2,11H2,1H3. The summed E-state index contributed by atoms with van der Waals surface area (Å²) < 4.78 is 6.91. The predicted molar refractivity (Wildman–Crippen MR) is 122 cm³/mol. The van der Waals surface area contributed by atoms with E-state index < -0.39 is 5.97 Å². The minimum atomic E-state index is -0.456. The van der Waals surface area contributed by atoms with Crippen LogP contribution in [-0.4, -0.2) is 27.2 Å². The summed E-state index contributed by atoms with van der Waals surface area (Å²) in [4.78, 5) is 17.2. The van der Waals surface area contributed by atoms with Crippen LogP contribution in [0.3, 0.4) is 0 Å². The quantitative estimate of drug-likeness (QED) is 0.232. The molecule has 0 N–H and O–H groups in total. The Bertz CT molecular complexity index is 1240. The van der Waals surface area contributed by atoms with Crippen molar-refractivity contribution >= 4 is 50.7 Å². The number of aromatic nitrogens is 3. The van der Waals surface area contributed by atoms with Crippen LogP contribution in [0, 0.1) is 0 Å². The fourth-order valence-corrected chi connectivity index (χ4v) is 4.05. The zero-order valence-electron chi connectivity index (χ0n) is 15.9. The maximum atomic E-state index is 12.6. The summed E-state index contributed by atoms with van der Waals surface area (Å²) in [7, 11) is 0. The molecule has 0 saturated heterocycles. The molecule has 0 saturated carbocycles. The highest BCUT2D eigenvalue weighted by atomic mass is 79.9. The molecule has 0 aliphatic carbocycles. The van der Waals surface area contributed by atoms with Gasteiger partial charge in [0, 0.05) is 38.3 Å². The first kappa shape index (κ1) is 20.8. The maximum Gasteiger partial charge on any atom is 0.343 e. The van der Waals surface area contributed by atoms with Crippen molar-refractivity contribution in [3.05, 3.63) is 76.0 Å². The van der Waals surface area contributed by atoms with E-state index in [1.54, 1.807) is 29.8 Å². The van der Waals surface area contributed by atoms with E-state index in [2.05, 4.69) is 26.0 Å². The van der Waals surface area contributed by atoms with Crippen molar-refractivity contribution < 1.29 is 9.53 Å². The lowest BCUT2D eigenvalue weighted by Gasteiger charge is -2.13. The summed E-state index contributed by atoms with van der Waals surface area (Å²) in [6.07, 6.45) is 1.71. The molecule has 0 atom stereocenters. The van der Waals surface area contributed by atoms with Crippen LogP contribution in [0.5, 0.6) is 0 Å². The molecule has 4 aromatic rings. The molecule has 0 spiro atoms. The first-order chi connectivity index (χ1) is 14.5. The molecule has 0 bridgehead atoms. The van der Waals surface area contributed by atoms with E-state index in [-0.39, 0.29) is 6.61 Å². The van der Waals surface area contributed by atoms with Gasteiger partial charge in [-0.2, -0.15) is 5.10 Å². The Balaban J connectivity index is 2.08. The topological polar surface area (TPSA) is 56.5 Å². The number of alkyl halides is 1. The van der Waals surface area contributed by atoms with E-state index in [1.165, 1.54) is 0 Å². The second-order valence-corrected chi connectivity index (χ2v) is 7.82. The highest BCUT2D eigenvalue weighted by Crippen LogP contribution is 2.37. The molecule has 2 aromatic carbocycles. The first-order valence-electron chi connectivity index (χ1n) is 9.19. The van der Waals surface area contributed by atoms with E-state index in [4.69, 9.17) is 27.9 Å². The maximum absolute atomic E-state index is 12.6. The number of nitrogens with zero attached hydrogens (tertiary/aromatic N) is 3. The fraction of sp³-hybridized carbons (Fsp3) is 0.136. The number of carbonyl (C=O) groups excluding carboxylic acids is 1. The van der Waals surface area contributed by atoms with Crippen molar-refractivity contribution in [2.45, 2.75) is 12.3 Å². The zero-order chi connectivity index (χ0) is 21.3. The third-order valence-electron chi connectivity index (χ3n) is 4.60. The number of hydrogen-bond acceptors (Lipinski definition) is 4. The average molecular weight is 505 g/mol. The van der Waals surface area contributed by atoms with Gasteiger partial charge in [0.2, 0.25) is 0 Å². The molecule has 30 heavy (non-hydrogen) atoms. The van der Waals surface area contributed by atoms with E-state index >= 15 is 0 Å². The molecular formula is C22H16BrCl2N3O2. The Hall–Kier alpha value is -2.41. The van der Waals surface area contributed by atoms with Gasteiger partial charge in [-0.05, 0) is 25.1 Å². The average Bonchev–Trinajstić information content (AvgIpc) is 3.13. The molecule has 152 valence electrons. The lowest BCUT2D eigenvalue weighted by molar-refractivity contribution is 0.0527. The Labute approximate surface area is 191 Å². The smallest absolute Gasteiger partial charge is 0.343 e. The highest BCUT2D eigenvalue weighted by Gasteiger charge is 2.25. The summed E-state index contributed by atoms with van der Waals surface area (Å²) >= 11 is 16.0. The number of halogens is 3. The Kier molecular flexibility index (Phi) is 6.09. The summed E-state index contributed by atoms with van der Waals surface area (Å²) in [5, 5.41) is 6.27. The number of fused-ring (bicyclic) bond motifs is 1. The number of carbonyl (C=O) groups is 1. The van der Waals surface area contributed by atoms with Gasteiger partial charge < -0.3 is 4.74 Å². The van der Waals surface area contributed by atoms with E-state index in [0.717, 1.165) is 22.4 Å². The van der Waals surface area contributed by atoms with E-state index in [1.807, 2.05) is 36.4 Å². The van der Waals surface area contributed by atoms with Crippen molar-refractivity contribution in [1.82, 2.24) is 14.6 Å². The minimum absolute atomic E-state index is 0.264. The molecule has 0 aliphatic heterocycles. The lowest BCUT2D eigenvalue weighted by atomic mass is 10.0. The molecule has 0 radical (unpaired) electrons. The Morgan fingerprint density at radius 1 is 1.10 bits per heavy atom. The van der Waals surface area contributed by atoms with Crippen LogP contribution >= 0.6 is 39.1 Å². The van der Waals surface area contributed by atoms with Gasteiger partial charge in [-0.3, -0.25) is 0 Å². The summed E-state index contributed by atoms with van der Waals surface area (Å²) in [5.41, 5.74) is 4.52. The number of rotatable bonds is 5. The molecule has 4 rings (SSSR count). The summed E-state index contributed by atoms with van der Waals surface area (Å²) in [5.74, 6) is -0.456. The van der Waals surface area contributed by atoms with Crippen molar-refractivity contribution in [2.75, 3.05) is 6.61 Å². The fourth-order valence-electron chi connectivity index (χ4n) is 3.30. The molecule has 0 unspecified atom stereocenters. The second kappa shape index (κ2) is 8.76.